The summed E-state index contributed by atoms with van der Waals surface area (Å²) in [5, 5.41) is 10.6. The van der Waals surface area contributed by atoms with Crippen LogP contribution in [0.4, 0.5) is 18.9 Å². The second-order valence-corrected chi connectivity index (χ2v) is 3.94. The zero-order valence-electron chi connectivity index (χ0n) is 10.2. The molecule has 0 bridgehead atoms. The van der Waals surface area contributed by atoms with Gasteiger partial charge in [-0.2, -0.15) is 0 Å². The minimum atomic E-state index is -1.28. The molecule has 1 heterocycles. The summed E-state index contributed by atoms with van der Waals surface area (Å²) in [6.45, 7) is 0. The molecule has 0 unspecified atom stereocenters. The normalized spacial score (nSPS) is 10.2. The molecule has 0 saturated carbocycles. The molecule has 0 fully saturated rings. The maximum absolute atomic E-state index is 13.4. The smallest absolute Gasteiger partial charge is 0.354 e. The number of nitrogens with one attached hydrogen (secondary N) is 1. The van der Waals surface area contributed by atoms with E-state index in [1.807, 2.05) is 5.32 Å². The van der Waals surface area contributed by atoms with Gasteiger partial charge in [0.1, 0.15) is 17.2 Å². The van der Waals surface area contributed by atoms with E-state index in [0.717, 1.165) is 18.3 Å². The zero-order valence-corrected chi connectivity index (χ0v) is 10.2. The van der Waals surface area contributed by atoms with Crippen LogP contribution in [0, 0.1) is 17.5 Å². The lowest BCUT2D eigenvalue weighted by Crippen LogP contribution is -2.15. The monoisotopic (exact) mass is 296 g/mol. The van der Waals surface area contributed by atoms with Gasteiger partial charge in [-0.1, -0.05) is 0 Å². The number of carboxylic acid groups (broad SMARTS) is 1. The number of hydrogen-bond acceptors (Lipinski definition) is 3. The van der Waals surface area contributed by atoms with Crippen molar-refractivity contribution in [3.8, 4) is 0 Å². The SMILES string of the molecule is O=C(Nc1c(F)cc(F)cc1F)c1ccc(C(=O)O)nc1. The van der Waals surface area contributed by atoms with E-state index in [2.05, 4.69) is 4.98 Å². The minimum Gasteiger partial charge on any atom is -0.477 e. The number of benzene rings is 1. The van der Waals surface area contributed by atoms with Crippen LogP contribution in [0.15, 0.2) is 30.5 Å². The second-order valence-electron chi connectivity index (χ2n) is 3.94. The molecule has 108 valence electrons. The number of anilines is 1. The van der Waals surface area contributed by atoms with Crippen molar-refractivity contribution in [1.29, 1.82) is 0 Å². The Bertz CT molecular complexity index is 694. The van der Waals surface area contributed by atoms with Crippen molar-refractivity contribution in [2.45, 2.75) is 0 Å². The highest BCUT2D eigenvalue weighted by Gasteiger charge is 2.16. The molecule has 2 aromatic rings. The van der Waals surface area contributed by atoms with Gasteiger partial charge in [-0.05, 0) is 12.1 Å². The third-order valence-electron chi connectivity index (χ3n) is 2.49. The summed E-state index contributed by atoms with van der Waals surface area (Å²) in [6, 6.07) is 3.04. The number of carboxylic acids is 1. The molecular formula is C13H7F3N2O3. The number of rotatable bonds is 3. The number of nitrogens with zero attached hydrogens (tertiary/aromatic N) is 1. The number of aromatic carboxylic acids is 1. The summed E-state index contributed by atoms with van der Waals surface area (Å²) in [7, 11) is 0. The van der Waals surface area contributed by atoms with Crippen LogP contribution in [-0.4, -0.2) is 22.0 Å². The van der Waals surface area contributed by atoms with Crippen LogP contribution >= 0.6 is 0 Å². The molecular weight excluding hydrogens is 289 g/mol. The van der Waals surface area contributed by atoms with Crippen LogP contribution in [0.1, 0.15) is 20.8 Å². The Kier molecular flexibility index (Phi) is 3.88. The molecule has 8 heteroatoms. The van der Waals surface area contributed by atoms with Crippen molar-refractivity contribution in [3.05, 3.63) is 59.2 Å². The van der Waals surface area contributed by atoms with Gasteiger partial charge < -0.3 is 10.4 Å². The van der Waals surface area contributed by atoms with Gasteiger partial charge in [0.2, 0.25) is 0 Å². The number of halogens is 3. The number of carbonyl (C=O) groups excluding carboxylic acids is 1. The molecule has 0 aliphatic rings. The Balaban J connectivity index is 2.24. The number of amides is 1. The highest BCUT2D eigenvalue weighted by atomic mass is 19.1. The summed E-state index contributed by atoms with van der Waals surface area (Å²) in [5.74, 6) is -5.84. The molecule has 21 heavy (non-hydrogen) atoms. The molecule has 1 aromatic carbocycles. The lowest BCUT2D eigenvalue weighted by Gasteiger charge is -2.07. The van der Waals surface area contributed by atoms with Crippen LogP contribution in [0.5, 0.6) is 0 Å². The maximum Gasteiger partial charge on any atom is 0.354 e. The first-order chi connectivity index (χ1) is 9.88. The molecule has 2 N–H and O–H groups in total. The zero-order chi connectivity index (χ0) is 15.6. The van der Waals surface area contributed by atoms with Crippen molar-refractivity contribution in [1.82, 2.24) is 4.98 Å². The topological polar surface area (TPSA) is 79.3 Å². The summed E-state index contributed by atoms with van der Waals surface area (Å²) in [4.78, 5) is 25.8. The van der Waals surface area contributed by atoms with E-state index in [-0.39, 0.29) is 11.3 Å². The molecule has 0 spiro atoms. The fourth-order valence-electron chi connectivity index (χ4n) is 1.50. The second kappa shape index (κ2) is 5.61. The lowest BCUT2D eigenvalue weighted by molar-refractivity contribution is 0.0690. The largest absolute Gasteiger partial charge is 0.477 e. The predicted octanol–water partition coefficient (Wildman–Crippen LogP) is 2.45. The van der Waals surface area contributed by atoms with Crippen molar-refractivity contribution in [3.63, 3.8) is 0 Å². The Morgan fingerprint density at radius 3 is 2.19 bits per heavy atom. The van der Waals surface area contributed by atoms with Crippen molar-refractivity contribution >= 4 is 17.6 Å². The Hall–Kier alpha value is -2.90. The minimum absolute atomic E-state index is 0.108. The van der Waals surface area contributed by atoms with Gasteiger partial charge in [-0.15, -0.1) is 0 Å². The Labute approximate surface area is 116 Å². The van der Waals surface area contributed by atoms with E-state index in [0.29, 0.717) is 12.1 Å². The van der Waals surface area contributed by atoms with Crippen LogP contribution in [0.25, 0.3) is 0 Å². The number of carbonyl (C=O) groups is 2. The van der Waals surface area contributed by atoms with Gasteiger partial charge in [0.15, 0.2) is 11.6 Å². The van der Waals surface area contributed by atoms with Crippen molar-refractivity contribution in [2.75, 3.05) is 5.32 Å². The first-order valence-electron chi connectivity index (χ1n) is 5.53. The van der Waals surface area contributed by atoms with E-state index in [4.69, 9.17) is 5.11 Å². The van der Waals surface area contributed by atoms with Gasteiger partial charge in [0.05, 0.1) is 5.56 Å². The van der Waals surface area contributed by atoms with Gasteiger partial charge in [0, 0.05) is 18.3 Å². The van der Waals surface area contributed by atoms with E-state index >= 15 is 0 Å². The molecule has 0 saturated heterocycles. The molecule has 0 aliphatic heterocycles. The van der Waals surface area contributed by atoms with Gasteiger partial charge >= 0.3 is 5.97 Å². The standard InChI is InChI=1S/C13H7F3N2O3/c14-7-3-8(15)11(9(16)4-7)18-12(19)6-1-2-10(13(20)21)17-5-6/h1-5H,(H,18,19)(H,20,21). The fourth-order valence-corrected chi connectivity index (χ4v) is 1.50. The van der Waals surface area contributed by atoms with Crippen LogP contribution in [0.3, 0.4) is 0 Å². The van der Waals surface area contributed by atoms with Gasteiger partial charge in [-0.3, -0.25) is 4.79 Å². The van der Waals surface area contributed by atoms with Crippen molar-refractivity contribution in [2.24, 2.45) is 0 Å². The van der Waals surface area contributed by atoms with Crippen LogP contribution in [-0.2, 0) is 0 Å². The molecule has 0 atom stereocenters. The molecule has 2 rings (SSSR count). The highest BCUT2D eigenvalue weighted by molar-refractivity contribution is 6.04. The third-order valence-corrected chi connectivity index (χ3v) is 2.49. The third kappa shape index (κ3) is 3.16. The predicted molar refractivity (Wildman–Crippen MR) is 65.5 cm³/mol. The average molecular weight is 296 g/mol. The molecule has 1 aromatic heterocycles. The first kappa shape index (κ1) is 14.5. The Morgan fingerprint density at radius 2 is 1.71 bits per heavy atom. The van der Waals surface area contributed by atoms with Gasteiger partial charge in [0.25, 0.3) is 5.91 Å². The van der Waals surface area contributed by atoms with E-state index in [1.54, 1.807) is 0 Å². The highest BCUT2D eigenvalue weighted by Crippen LogP contribution is 2.20. The average Bonchev–Trinajstić information content (AvgIpc) is 2.42. The molecule has 1 amide bonds. The fraction of sp³-hybridized carbons (Fsp3) is 0. The number of aromatic nitrogens is 1. The van der Waals surface area contributed by atoms with E-state index < -0.39 is 35.0 Å². The molecule has 5 nitrogen and oxygen atoms in total. The summed E-state index contributed by atoms with van der Waals surface area (Å²) < 4.78 is 39.5. The van der Waals surface area contributed by atoms with Crippen molar-refractivity contribution < 1.29 is 27.9 Å². The van der Waals surface area contributed by atoms with Gasteiger partial charge in [-0.25, -0.2) is 22.9 Å². The van der Waals surface area contributed by atoms with E-state index in [1.165, 1.54) is 0 Å². The number of hydrogen-bond donors (Lipinski definition) is 2. The molecule has 0 aliphatic carbocycles. The van der Waals surface area contributed by atoms with E-state index in [9.17, 15) is 22.8 Å². The van der Waals surface area contributed by atoms with Crippen LogP contribution < -0.4 is 5.32 Å². The van der Waals surface area contributed by atoms with Crippen LogP contribution in [0.2, 0.25) is 0 Å². The maximum atomic E-state index is 13.4. The summed E-state index contributed by atoms with van der Waals surface area (Å²) >= 11 is 0. The summed E-state index contributed by atoms with van der Waals surface area (Å²) in [5.41, 5.74) is -1.20. The Morgan fingerprint density at radius 1 is 1.10 bits per heavy atom. The lowest BCUT2D eigenvalue weighted by atomic mass is 10.2. The first-order valence-corrected chi connectivity index (χ1v) is 5.53. The quantitative estimate of drug-likeness (QED) is 0.911. The summed E-state index contributed by atoms with van der Waals surface area (Å²) in [6.07, 6.45) is 0.943. The number of pyridine rings is 1. The molecule has 0 radical (unpaired) electrons.